The normalized spacial score (nSPS) is 19.6. The Morgan fingerprint density at radius 1 is 1.60 bits per heavy atom. The Kier molecular flexibility index (Phi) is 2.81. The minimum atomic E-state index is -0.387. The van der Waals surface area contributed by atoms with Crippen LogP contribution < -0.4 is 10.1 Å². The predicted molar refractivity (Wildman–Crippen MR) is 57.9 cm³/mol. The topological polar surface area (TPSA) is 47.6 Å². The summed E-state index contributed by atoms with van der Waals surface area (Å²) >= 11 is 3.38. The van der Waals surface area contributed by atoms with Crippen molar-refractivity contribution in [1.29, 1.82) is 0 Å². The van der Waals surface area contributed by atoms with E-state index in [4.69, 9.17) is 9.47 Å². The van der Waals surface area contributed by atoms with Crippen LogP contribution in [0.15, 0.2) is 22.7 Å². The highest BCUT2D eigenvalue weighted by atomic mass is 79.9. The maximum atomic E-state index is 10.9. The van der Waals surface area contributed by atoms with Gasteiger partial charge >= 0.3 is 6.09 Å². The second-order valence-electron chi connectivity index (χ2n) is 3.18. The van der Waals surface area contributed by atoms with Gasteiger partial charge < -0.3 is 14.8 Å². The van der Waals surface area contributed by atoms with E-state index in [1.807, 2.05) is 18.2 Å². The summed E-state index contributed by atoms with van der Waals surface area (Å²) in [5.74, 6) is 0.744. The Bertz CT molecular complexity index is 394. The van der Waals surface area contributed by atoms with Crippen molar-refractivity contribution in [1.82, 2.24) is 5.32 Å². The van der Waals surface area contributed by atoms with E-state index >= 15 is 0 Å². The van der Waals surface area contributed by atoms with Crippen molar-refractivity contribution < 1.29 is 14.3 Å². The summed E-state index contributed by atoms with van der Waals surface area (Å²) in [6.07, 6.45) is -0.387. The van der Waals surface area contributed by atoms with Crippen LogP contribution in [0.1, 0.15) is 11.6 Å². The molecule has 0 aromatic heterocycles. The standard InChI is InChI=1S/C10H10BrNO3/c1-14-9-3-2-6(11)4-7(9)8-5-15-10(13)12-8/h2-4,8H,5H2,1H3,(H,12,13). The van der Waals surface area contributed by atoms with Gasteiger partial charge in [0.1, 0.15) is 12.4 Å². The Morgan fingerprint density at radius 2 is 2.40 bits per heavy atom. The first-order valence-corrected chi connectivity index (χ1v) is 5.26. The fraction of sp³-hybridized carbons (Fsp3) is 0.300. The number of carbonyl (C=O) groups excluding carboxylic acids is 1. The lowest BCUT2D eigenvalue weighted by molar-refractivity contribution is 0.177. The molecule has 0 radical (unpaired) electrons. The molecule has 1 aromatic carbocycles. The summed E-state index contributed by atoms with van der Waals surface area (Å²) < 4.78 is 11.0. The van der Waals surface area contributed by atoms with Crippen molar-refractivity contribution >= 4 is 22.0 Å². The molecular formula is C10H10BrNO3. The number of hydrogen-bond donors (Lipinski definition) is 1. The van der Waals surface area contributed by atoms with Gasteiger partial charge in [-0.3, -0.25) is 0 Å². The molecule has 1 fully saturated rings. The summed E-state index contributed by atoms with van der Waals surface area (Å²) in [5.41, 5.74) is 0.915. The third kappa shape index (κ3) is 2.07. The van der Waals surface area contributed by atoms with E-state index in [9.17, 15) is 4.79 Å². The molecule has 1 N–H and O–H groups in total. The van der Waals surface area contributed by atoms with Crippen LogP contribution in [0.5, 0.6) is 5.75 Å². The zero-order valence-corrected chi connectivity index (χ0v) is 9.71. The molecule has 1 aromatic rings. The number of rotatable bonds is 2. The highest BCUT2D eigenvalue weighted by Crippen LogP contribution is 2.30. The van der Waals surface area contributed by atoms with Gasteiger partial charge in [-0.1, -0.05) is 15.9 Å². The summed E-state index contributed by atoms with van der Waals surface area (Å²) in [5, 5.41) is 2.71. The zero-order valence-electron chi connectivity index (χ0n) is 8.12. The Labute approximate surface area is 95.7 Å². The van der Waals surface area contributed by atoms with Gasteiger partial charge in [-0.15, -0.1) is 0 Å². The quantitative estimate of drug-likeness (QED) is 0.898. The summed E-state index contributed by atoms with van der Waals surface area (Å²) in [6.45, 7) is 0.339. The van der Waals surface area contributed by atoms with Crippen LogP contribution in [-0.2, 0) is 4.74 Å². The molecule has 1 unspecified atom stereocenters. The van der Waals surface area contributed by atoms with E-state index in [1.54, 1.807) is 7.11 Å². The van der Waals surface area contributed by atoms with Crippen LogP contribution in [0.3, 0.4) is 0 Å². The van der Waals surface area contributed by atoms with Gasteiger partial charge in [0.2, 0.25) is 0 Å². The molecule has 80 valence electrons. The molecule has 0 bridgehead atoms. The number of benzene rings is 1. The molecule has 4 nitrogen and oxygen atoms in total. The number of methoxy groups -OCH3 is 1. The van der Waals surface area contributed by atoms with Gasteiger partial charge in [-0.05, 0) is 18.2 Å². The first-order chi connectivity index (χ1) is 7.20. The fourth-order valence-corrected chi connectivity index (χ4v) is 1.91. The summed E-state index contributed by atoms with van der Waals surface area (Å²) in [6, 6.07) is 5.52. The number of nitrogens with one attached hydrogen (secondary N) is 1. The molecule has 0 spiro atoms. The van der Waals surface area contributed by atoms with E-state index in [1.165, 1.54) is 0 Å². The Balaban J connectivity index is 2.33. The largest absolute Gasteiger partial charge is 0.496 e. The molecule has 1 aliphatic heterocycles. The third-order valence-electron chi connectivity index (χ3n) is 2.24. The molecule has 1 aliphatic rings. The molecule has 15 heavy (non-hydrogen) atoms. The van der Waals surface area contributed by atoms with Gasteiger partial charge in [-0.2, -0.15) is 0 Å². The average Bonchev–Trinajstić information content (AvgIpc) is 2.65. The number of halogens is 1. The highest BCUT2D eigenvalue weighted by Gasteiger charge is 2.26. The van der Waals surface area contributed by atoms with E-state index in [0.29, 0.717) is 6.61 Å². The lowest BCUT2D eigenvalue weighted by Gasteiger charge is -2.12. The van der Waals surface area contributed by atoms with E-state index in [0.717, 1.165) is 15.8 Å². The second kappa shape index (κ2) is 4.10. The Morgan fingerprint density at radius 3 is 3.00 bits per heavy atom. The van der Waals surface area contributed by atoms with Gasteiger partial charge in [0, 0.05) is 10.0 Å². The number of cyclic esters (lactones) is 1. The number of alkyl carbamates (subject to hydrolysis) is 1. The average molecular weight is 272 g/mol. The third-order valence-corrected chi connectivity index (χ3v) is 2.73. The molecule has 1 heterocycles. The van der Waals surface area contributed by atoms with Crippen molar-refractivity contribution in [2.75, 3.05) is 13.7 Å². The van der Waals surface area contributed by atoms with Crippen LogP contribution >= 0.6 is 15.9 Å². The van der Waals surface area contributed by atoms with E-state index < -0.39 is 0 Å². The van der Waals surface area contributed by atoms with Crippen molar-refractivity contribution in [2.24, 2.45) is 0 Å². The minimum absolute atomic E-state index is 0.134. The van der Waals surface area contributed by atoms with Gasteiger partial charge in [0.15, 0.2) is 0 Å². The second-order valence-corrected chi connectivity index (χ2v) is 4.10. The number of hydrogen-bond acceptors (Lipinski definition) is 3. The number of carbonyl (C=O) groups is 1. The van der Waals surface area contributed by atoms with Crippen molar-refractivity contribution in [3.8, 4) is 5.75 Å². The maximum Gasteiger partial charge on any atom is 0.407 e. The van der Waals surface area contributed by atoms with E-state index in [2.05, 4.69) is 21.2 Å². The number of amides is 1. The molecule has 1 atom stereocenters. The lowest BCUT2D eigenvalue weighted by Crippen LogP contribution is -2.18. The SMILES string of the molecule is COc1ccc(Br)cc1C1COC(=O)N1. The smallest absolute Gasteiger partial charge is 0.407 e. The zero-order chi connectivity index (χ0) is 10.8. The molecule has 5 heteroatoms. The van der Waals surface area contributed by atoms with Crippen molar-refractivity contribution in [3.63, 3.8) is 0 Å². The van der Waals surface area contributed by atoms with Crippen LogP contribution in [0.4, 0.5) is 4.79 Å². The predicted octanol–water partition coefficient (Wildman–Crippen LogP) is 2.24. The molecule has 1 amide bonds. The molecule has 0 saturated carbocycles. The highest BCUT2D eigenvalue weighted by molar-refractivity contribution is 9.10. The van der Waals surface area contributed by atoms with Crippen LogP contribution in [0.25, 0.3) is 0 Å². The van der Waals surface area contributed by atoms with Crippen LogP contribution in [-0.4, -0.2) is 19.8 Å². The van der Waals surface area contributed by atoms with Crippen LogP contribution in [0, 0.1) is 0 Å². The van der Waals surface area contributed by atoms with Crippen molar-refractivity contribution in [3.05, 3.63) is 28.2 Å². The maximum absolute atomic E-state index is 10.9. The molecule has 1 saturated heterocycles. The van der Waals surface area contributed by atoms with Crippen LogP contribution in [0.2, 0.25) is 0 Å². The van der Waals surface area contributed by atoms with E-state index in [-0.39, 0.29) is 12.1 Å². The lowest BCUT2D eigenvalue weighted by atomic mass is 10.1. The van der Waals surface area contributed by atoms with Crippen molar-refractivity contribution in [2.45, 2.75) is 6.04 Å². The fourth-order valence-electron chi connectivity index (χ4n) is 1.53. The molecular weight excluding hydrogens is 262 g/mol. The van der Waals surface area contributed by atoms with Gasteiger partial charge in [0.05, 0.1) is 13.2 Å². The first kappa shape index (κ1) is 10.3. The van der Waals surface area contributed by atoms with Gasteiger partial charge in [0.25, 0.3) is 0 Å². The minimum Gasteiger partial charge on any atom is -0.496 e. The molecule has 0 aliphatic carbocycles. The summed E-state index contributed by atoms with van der Waals surface area (Å²) in [7, 11) is 1.60. The first-order valence-electron chi connectivity index (χ1n) is 4.47. The van der Waals surface area contributed by atoms with Gasteiger partial charge in [-0.25, -0.2) is 4.79 Å². The Hall–Kier alpha value is -1.23. The summed E-state index contributed by atoms with van der Waals surface area (Å²) in [4.78, 5) is 10.9. The monoisotopic (exact) mass is 271 g/mol. The number of ether oxygens (including phenoxy) is 2. The molecule has 2 rings (SSSR count).